The smallest absolute Gasteiger partial charge is 0.0796 e. The van der Waals surface area contributed by atoms with Gasteiger partial charge in [0.25, 0.3) is 0 Å². The monoisotopic (exact) mass is 482 g/mol. The van der Waals surface area contributed by atoms with Crippen molar-refractivity contribution >= 4 is 50.7 Å². The number of hydrogen-bond donors (Lipinski definition) is 0. The predicted molar refractivity (Wildman–Crippen MR) is 151 cm³/mol. The molecule has 0 radical (unpaired) electrons. The van der Waals surface area contributed by atoms with Crippen molar-refractivity contribution in [3.8, 4) is 0 Å². The number of benzene rings is 2. The van der Waals surface area contributed by atoms with Crippen LogP contribution in [0, 0.1) is 11.8 Å². The van der Waals surface area contributed by atoms with Crippen molar-refractivity contribution in [2.75, 3.05) is 11.9 Å². The first-order valence-electron chi connectivity index (χ1n) is 13.3. The summed E-state index contributed by atoms with van der Waals surface area (Å²) in [6.07, 6.45) is 12.9. The van der Waals surface area contributed by atoms with Crippen molar-refractivity contribution in [2.24, 2.45) is 16.8 Å². The van der Waals surface area contributed by atoms with E-state index < -0.39 is 0 Å². The molecule has 3 unspecified atom stereocenters. The Balaban J connectivity index is 1.60. The van der Waals surface area contributed by atoms with E-state index in [1.54, 1.807) is 0 Å². The van der Waals surface area contributed by atoms with Crippen LogP contribution in [0.1, 0.15) is 91.9 Å². The minimum Gasteiger partial charge on any atom is -0.362 e. The van der Waals surface area contributed by atoms with E-state index >= 15 is 0 Å². The molecule has 33 heavy (non-hydrogen) atoms. The molecule has 2 aliphatic heterocycles. The van der Waals surface area contributed by atoms with E-state index in [1.165, 1.54) is 94.8 Å². The average molecular weight is 483 g/mol. The van der Waals surface area contributed by atoms with Crippen LogP contribution in [0.2, 0.25) is 0 Å². The molecule has 2 aliphatic rings. The number of thioether (sulfide) groups is 2. The fourth-order valence-electron chi connectivity index (χ4n) is 5.38. The SMILES string of the molecule is CCCCC(CC)CC1=Nc2ccc3c4c(ccc(c24)S1)N(C)C(CC(CC)CCCC)S3. The Hall–Kier alpha value is -1.13. The van der Waals surface area contributed by atoms with Crippen molar-refractivity contribution < 1.29 is 0 Å². The molecule has 0 spiro atoms. The van der Waals surface area contributed by atoms with Crippen molar-refractivity contribution in [1.29, 1.82) is 0 Å². The number of nitrogens with zero attached hydrogens (tertiary/aromatic N) is 2. The normalized spacial score (nSPS) is 19.0. The van der Waals surface area contributed by atoms with Crippen LogP contribution in [0.5, 0.6) is 0 Å². The van der Waals surface area contributed by atoms with Gasteiger partial charge in [0.05, 0.1) is 16.1 Å². The van der Waals surface area contributed by atoms with Crippen molar-refractivity contribution in [2.45, 2.75) is 107 Å². The molecule has 2 aromatic rings. The zero-order chi connectivity index (χ0) is 23.4. The highest BCUT2D eigenvalue weighted by molar-refractivity contribution is 8.14. The van der Waals surface area contributed by atoms with Crippen molar-refractivity contribution in [1.82, 2.24) is 0 Å². The number of hydrogen-bond acceptors (Lipinski definition) is 4. The van der Waals surface area contributed by atoms with E-state index in [0.29, 0.717) is 5.37 Å². The van der Waals surface area contributed by atoms with Crippen molar-refractivity contribution in [3.05, 3.63) is 24.3 Å². The van der Waals surface area contributed by atoms with Gasteiger partial charge in [-0.3, -0.25) is 0 Å². The van der Waals surface area contributed by atoms with Gasteiger partial charge in [-0.25, -0.2) is 4.99 Å². The van der Waals surface area contributed by atoms with Gasteiger partial charge in [-0.1, -0.05) is 90.8 Å². The van der Waals surface area contributed by atoms with E-state index in [-0.39, 0.29) is 0 Å². The fraction of sp³-hybridized carbons (Fsp3) is 0.621. The molecule has 0 aromatic heterocycles. The van der Waals surface area contributed by atoms with E-state index in [0.717, 1.165) is 18.3 Å². The van der Waals surface area contributed by atoms with E-state index in [2.05, 4.69) is 75.7 Å². The summed E-state index contributed by atoms with van der Waals surface area (Å²) >= 11 is 4.01. The molecular formula is C29H42N2S2. The second kappa shape index (κ2) is 11.5. The Morgan fingerprint density at radius 2 is 1.58 bits per heavy atom. The van der Waals surface area contributed by atoms with Gasteiger partial charge in [-0.05, 0) is 48.9 Å². The molecule has 2 heterocycles. The maximum atomic E-state index is 5.19. The minimum absolute atomic E-state index is 0.526. The minimum atomic E-state index is 0.526. The van der Waals surface area contributed by atoms with Crippen LogP contribution in [-0.2, 0) is 0 Å². The Morgan fingerprint density at radius 1 is 0.879 bits per heavy atom. The summed E-state index contributed by atoms with van der Waals surface area (Å²) < 4.78 is 0. The Morgan fingerprint density at radius 3 is 2.27 bits per heavy atom. The lowest BCUT2D eigenvalue weighted by molar-refractivity contribution is 0.414. The third-order valence-corrected chi connectivity index (χ3v) is 10.1. The van der Waals surface area contributed by atoms with Crippen LogP contribution in [0.15, 0.2) is 39.0 Å². The maximum absolute atomic E-state index is 5.19. The molecule has 4 heteroatoms. The molecule has 0 N–H and O–H groups in total. The topological polar surface area (TPSA) is 15.6 Å². The molecule has 0 saturated carbocycles. The number of aliphatic imine (C=N–C) groups is 1. The lowest BCUT2D eigenvalue weighted by Gasteiger charge is -2.38. The third-order valence-electron chi connectivity index (χ3n) is 7.67. The lowest BCUT2D eigenvalue weighted by Crippen LogP contribution is -2.33. The number of unbranched alkanes of at least 4 members (excludes halogenated alkanes) is 2. The third kappa shape index (κ3) is 5.42. The predicted octanol–water partition coefficient (Wildman–Crippen LogP) is 10.1. The van der Waals surface area contributed by atoms with Gasteiger partial charge in [-0.2, -0.15) is 0 Å². The first-order chi connectivity index (χ1) is 16.1. The molecule has 0 aliphatic carbocycles. The Bertz CT molecular complexity index is 983. The molecule has 0 bridgehead atoms. The van der Waals surface area contributed by atoms with Gasteiger partial charge in [0, 0.05) is 33.3 Å². The zero-order valence-corrected chi connectivity index (χ0v) is 23.0. The summed E-state index contributed by atoms with van der Waals surface area (Å²) in [6, 6.07) is 9.40. The summed E-state index contributed by atoms with van der Waals surface area (Å²) in [6.45, 7) is 9.31. The second-order valence-corrected chi connectivity index (χ2v) is 12.3. The van der Waals surface area contributed by atoms with Crippen molar-refractivity contribution in [3.63, 3.8) is 0 Å². The largest absolute Gasteiger partial charge is 0.362 e. The molecule has 0 saturated heterocycles. The van der Waals surface area contributed by atoms with Gasteiger partial charge in [0.15, 0.2) is 0 Å². The summed E-state index contributed by atoms with van der Waals surface area (Å²) in [4.78, 5) is 10.6. The van der Waals surface area contributed by atoms with Crippen LogP contribution < -0.4 is 4.90 Å². The molecule has 3 atom stereocenters. The highest BCUT2D eigenvalue weighted by Gasteiger charge is 2.30. The van der Waals surface area contributed by atoms with Gasteiger partial charge >= 0.3 is 0 Å². The molecule has 2 aromatic carbocycles. The highest BCUT2D eigenvalue weighted by Crippen LogP contribution is 2.52. The number of rotatable bonds is 12. The number of anilines is 1. The Labute approximate surface area is 210 Å². The quantitative estimate of drug-likeness (QED) is 0.299. The fourth-order valence-corrected chi connectivity index (χ4v) is 7.95. The standard InChI is InChI=1S/C29H42N2S2/c1-6-10-12-20(8-3)18-26-30-22-14-16-25-29-23(15-17-24(32-26)28(22)29)31(5)27(33-25)19-21(9-4)13-11-7-2/h14-17,20-21,27H,6-13,18-19H2,1-5H3. The molecule has 4 rings (SSSR count). The van der Waals surface area contributed by atoms with E-state index in [4.69, 9.17) is 4.99 Å². The zero-order valence-electron chi connectivity index (χ0n) is 21.3. The van der Waals surface area contributed by atoms with E-state index in [1.807, 2.05) is 11.8 Å². The van der Waals surface area contributed by atoms with Crippen LogP contribution >= 0.6 is 23.5 Å². The van der Waals surface area contributed by atoms with E-state index in [9.17, 15) is 0 Å². The summed E-state index contributed by atoms with van der Waals surface area (Å²) in [7, 11) is 2.31. The summed E-state index contributed by atoms with van der Waals surface area (Å²) in [5.41, 5.74) is 2.58. The summed E-state index contributed by atoms with van der Waals surface area (Å²) in [5.74, 6) is 1.58. The first kappa shape index (κ1) is 25.0. The highest BCUT2D eigenvalue weighted by atomic mass is 32.2. The molecule has 0 amide bonds. The van der Waals surface area contributed by atoms with Crippen LogP contribution in [0.25, 0.3) is 10.8 Å². The van der Waals surface area contributed by atoms with Crippen LogP contribution in [0.3, 0.4) is 0 Å². The first-order valence-corrected chi connectivity index (χ1v) is 15.0. The van der Waals surface area contributed by atoms with Gasteiger partial charge in [0.2, 0.25) is 0 Å². The van der Waals surface area contributed by atoms with Gasteiger partial charge in [-0.15, -0.1) is 11.8 Å². The lowest BCUT2D eigenvalue weighted by atomic mass is 9.95. The summed E-state index contributed by atoms with van der Waals surface area (Å²) in [5, 5.41) is 4.66. The van der Waals surface area contributed by atoms with Crippen LogP contribution in [0.4, 0.5) is 11.4 Å². The second-order valence-electron chi connectivity index (χ2n) is 9.98. The van der Waals surface area contributed by atoms with Gasteiger partial charge in [0.1, 0.15) is 0 Å². The molecule has 180 valence electrons. The molecular weight excluding hydrogens is 440 g/mol. The van der Waals surface area contributed by atoms with Gasteiger partial charge < -0.3 is 4.90 Å². The molecule has 2 nitrogen and oxygen atoms in total. The average Bonchev–Trinajstić information content (AvgIpc) is 2.84. The molecule has 0 fully saturated rings. The Kier molecular flexibility index (Phi) is 8.73. The maximum Gasteiger partial charge on any atom is 0.0796 e. The van der Waals surface area contributed by atoms with Crippen LogP contribution in [-0.4, -0.2) is 17.5 Å².